The van der Waals surface area contributed by atoms with Crippen molar-refractivity contribution in [2.24, 2.45) is 0 Å². The first-order valence-corrected chi connectivity index (χ1v) is 10.3. The summed E-state index contributed by atoms with van der Waals surface area (Å²) in [7, 11) is 0. The summed E-state index contributed by atoms with van der Waals surface area (Å²) in [5.41, 5.74) is 1.95. The molecule has 1 saturated carbocycles. The van der Waals surface area contributed by atoms with Gasteiger partial charge in [-0.2, -0.15) is 5.10 Å². The van der Waals surface area contributed by atoms with E-state index in [1.165, 1.54) is 0 Å². The molecule has 0 aromatic carbocycles. The van der Waals surface area contributed by atoms with E-state index in [1.54, 1.807) is 28.4 Å². The molecule has 3 aromatic rings. The van der Waals surface area contributed by atoms with E-state index in [0.717, 1.165) is 59.4 Å². The van der Waals surface area contributed by atoms with E-state index in [-0.39, 0.29) is 11.6 Å². The van der Waals surface area contributed by atoms with Crippen LogP contribution in [0.15, 0.2) is 28.6 Å². The Morgan fingerprint density at radius 3 is 3.00 bits per heavy atom. The van der Waals surface area contributed by atoms with Crippen LogP contribution in [0.4, 0.5) is 5.82 Å². The van der Waals surface area contributed by atoms with Crippen LogP contribution in [0.2, 0.25) is 0 Å². The van der Waals surface area contributed by atoms with Gasteiger partial charge < -0.3 is 10.1 Å². The first kappa shape index (κ1) is 16.8. The van der Waals surface area contributed by atoms with Crippen LogP contribution in [0.5, 0.6) is 0 Å². The molecule has 1 N–H and O–H groups in total. The smallest absolute Gasteiger partial charge is 0.267 e. The van der Waals surface area contributed by atoms with E-state index in [0.29, 0.717) is 19.3 Å². The SMILES string of the molecule is O=c1cc2c(nn1C1CCC(Nc3ncnc4sccc34)CC1)CCOC2. The summed E-state index contributed by atoms with van der Waals surface area (Å²) >= 11 is 1.63. The maximum atomic E-state index is 12.5. The van der Waals surface area contributed by atoms with Crippen molar-refractivity contribution in [2.45, 2.75) is 50.8 Å². The lowest BCUT2D eigenvalue weighted by Crippen LogP contribution is -2.35. The maximum Gasteiger partial charge on any atom is 0.267 e. The average Bonchev–Trinajstić information content (AvgIpc) is 3.18. The topological polar surface area (TPSA) is 81.9 Å². The molecule has 140 valence electrons. The lowest BCUT2D eigenvalue weighted by molar-refractivity contribution is 0.107. The van der Waals surface area contributed by atoms with Crippen molar-refractivity contribution in [3.05, 3.63) is 45.5 Å². The van der Waals surface area contributed by atoms with Crippen molar-refractivity contribution < 1.29 is 4.74 Å². The number of hydrogen-bond acceptors (Lipinski definition) is 7. The van der Waals surface area contributed by atoms with Crippen LogP contribution in [0.1, 0.15) is 43.0 Å². The molecule has 2 aliphatic rings. The van der Waals surface area contributed by atoms with E-state index in [1.807, 2.05) is 5.38 Å². The zero-order valence-electron chi connectivity index (χ0n) is 14.9. The molecule has 0 amide bonds. The van der Waals surface area contributed by atoms with Gasteiger partial charge in [0, 0.05) is 24.1 Å². The Morgan fingerprint density at radius 1 is 1.22 bits per heavy atom. The maximum absolute atomic E-state index is 12.5. The van der Waals surface area contributed by atoms with Gasteiger partial charge in [-0.25, -0.2) is 14.6 Å². The lowest BCUT2D eigenvalue weighted by atomic mass is 9.91. The van der Waals surface area contributed by atoms with Crippen LogP contribution in [0.3, 0.4) is 0 Å². The Hall–Kier alpha value is -2.32. The van der Waals surface area contributed by atoms with Crippen LogP contribution in [-0.2, 0) is 17.8 Å². The number of nitrogens with zero attached hydrogens (tertiary/aromatic N) is 4. The van der Waals surface area contributed by atoms with E-state index >= 15 is 0 Å². The summed E-state index contributed by atoms with van der Waals surface area (Å²) in [5, 5.41) is 11.4. The summed E-state index contributed by atoms with van der Waals surface area (Å²) in [5.74, 6) is 0.911. The molecule has 5 rings (SSSR count). The molecular weight excluding hydrogens is 362 g/mol. The second-order valence-corrected chi connectivity index (χ2v) is 8.11. The summed E-state index contributed by atoms with van der Waals surface area (Å²) in [6, 6.07) is 4.31. The van der Waals surface area contributed by atoms with Crippen molar-refractivity contribution in [1.29, 1.82) is 0 Å². The molecule has 27 heavy (non-hydrogen) atoms. The van der Waals surface area contributed by atoms with Gasteiger partial charge in [0.2, 0.25) is 0 Å². The molecule has 8 heteroatoms. The molecule has 0 radical (unpaired) electrons. The van der Waals surface area contributed by atoms with Gasteiger partial charge >= 0.3 is 0 Å². The molecular formula is C19H21N5O2S. The summed E-state index contributed by atoms with van der Waals surface area (Å²) < 4.78 is 7.14. The van der Waals surface area contributed by atoms with Gasteiger partial charge in [-0.15, -0.1) is 11.3 Å². The van der Waals surface area contributed by atoms with Crippen LogP contribution in [-0.4, -0.2) is 32.4 Å². The van der Waals surface area contributed by atoms with Gasteiger partial charge in [-0.1, -0.05) is 0 Å². The highest BCUT2D eigenvalue weighted by Gasteiger charge is 2.25. The number of fused-ring (bicyclic) bond motifs is 2. The zero-order chi connectivity index (χ0) is 18.2. The standard InChI is InChI=1S/C19H21N5O2S/c25-17-9-12-10-26-7-5-16(12)23-24(17)14-3-1-13(2-4-14)22-18-15-6-8-27-19(15)21-11-20-18/h6,8-9,11,13-14H,1-5,7,10H2,(H,20,21,22). The molecule has 4 heterocycles. The Kier molecular flexibility index (Phi) is 4.37. The molecule has 0 saturated heterocycles. The molecule has 7 nitrogen and oxygen atoms in total. The highest BCUT2D eigenvalue weighted by atomic mass is 32.1. The molecule has 0 unspecified atom stereocenters. The number of hydrogen-bond donors (Lipinski definition) is 1. The molecule has 0 atom stereocenters. The third-order valence-corrected chi connectivity index (χ3v) is 6.33. The Bertz CT molecular complexity index is 1020. The fourth-order valence-corrected chi connectivity index (χ4v) is 4.79. The highest BCUT2D eigenvalue weighted by molar-refractivity contribution is 7.16. The summed E-state index contributed by atoms with van der Waals surface area (Å²) in [6.07, 6.45) is 6.28. The monoisotopic (exact) mass is 383 g/mol. The average molecular weight is 383 g/mol. The van der Waals surface area contributed by atoms with Crippen molar-refractivity contribution in [3.63, 3.8) is 0 Å². The number of ether oxygens (including phenoxy) is 1. The van der Waals surface area contributed by atoms with Gasteiger partial charge in [0.05, 0.1) is 30.3 Å². The molecule has 1 fully saturated rings. The molecule has 0 spiro atoms. The number of rotatable bonds is 3. The van der Waals surface area contributed by atoms with Gasteiger partial charge in [0.1, 0.15) is 17.0 Å². The normalized spacial score (nSPS) is 22.5. The third kappa shape index (κ3) is 3.23. The van der Waals surface area contributed by atoms with E-state index < -0.39 is 0 Å². The van der Waals surface area contributed by atoms with Gasteiger partial charge in [-0.3, -0.25) is 4.79 Å². The number of aromatic nitrogens is 4. The Morgan fingerprint density at radius 2 is 2.11 bits per heavy atom. The number of anilines is 1. The number of thiophene rings is 1. The van der Waals surface area contributed by atoms with Gasteiger partial charge in [-0.05, 0) is 37.1 Å². The molecule has 0 bridgehead atoms. The van der Waals surface area contributed by atoms with Crippen LogP contribution < -0.4 is 10.9 Å². The second kappa shape index (κ2) is 7.01. The van der Waals surface area contributed by atoms with E-state index in [4.69, 9.17) is 4.74 Å². The largest absolute Gasteiger partial charge is 0.376 e. The summed E-state index contributed by atoms with van der Waals surface area (Å²) in [6.45, 7) is 1.19. The van der Waals surface area contributed by atoms with Crippen LogP contribution in [0.25, 0.3) is 10.2 Å². The first-order valence-electron chi connectivity index (χ1n) is 9.42. The van der Waals surface area contributed by atoms with Crippen LogP contribution in [0, 0.1) is 0 Å². The minimum Gasteiger partial charge on any atom is -0.376 e. The molecule has 1 aliphatic heterocycles. The van der Waals surface area contributed by atoms with Crippen molar-refractivity contribution in [2.75, 3.05) is 11.9 Å². The quantitative estimate of drug-likeness (QED) is 0.749. The van der Waals surface area contributed by atoms with E-state index in [9.17, 15) is 4.79 Å². The van der Waals surface area contributed by atoms with Gasteiger partial charge in [0.25, 0.3) is 5.56 Å². The van der Waals surface area contributed by atoms with E-state index in [2.05, 4.69) is 26.4 Å². The lowest BCUT2D eigenvalue weighted by Gasteiger charge is -2.30. The second-order valence-electron chi connectivity index (χ2n) is 7.21. The van der Waals surface area contributed by atoms with Crippen molar-refractivity contribution in [3.8, 4) is 0 Å². The van der Waals surface area contributed by atoms with Crippen molar-refractivity contribution >= 4 is 27.4 Å². The minimum absolute atomic E-state index is 0.00792. The predicted molar refractivity (Wildman–Crippen MR) is 104 cm³/mol. The Labute approximate surface area is 160 Å². The minimum atomic E-state index is -0.00792. The Balaban J connectivity index is 1.29. The van der Waals surface area contributed by atoms with Gasteiger partial charge in [0.15, 0.2) is 0 Å². The highest BCUT2D eigenvalue weighted by Crippen LogP contribution is 2.31. The van der Waals surface area contributed by atoms with Crippen LogP contribution >= 0.6 is 11.3 Å². The third-order valence-electron chi connectivity index (χ3n) is 5.51. The zero-order valence-corrected chi connectivity index (χ0v) is 15.7. The van der Waals surface area contributed by atoms with Crippen molar-refractivity contribution in [1.82, 2.24) is 19.7 Å². The predicted octanol–water partition coefficient (Wildman–Crippen LogP) is 2.92. The number of nitrogens with one attached hydrogen (secondary N) is 1. The molecule has 3 aromatic heterocycles. The fourth-order valence-electron chi connectivity index (χ4n) is 4.05. The fraction of sp³-hybridized carbons (Fsp3) is 0.474. The first-order chi connectivity index (χ1) is 13.3. The summed E-state index contributed by atoms with van der Waals surface area (Å²) in [4.78, 5) is 22.2. The molecule has 1 aliphatic carbocycles.